The van der Waals surface area contributed by atoms with E-state index in [4.69, 9.17) is 5.84 Å². The van der Waals surface area contributed by atoms with E-state index < -0.39 is 11.6 Å². The van der Waals surface area contributed by atoms with Gasteiger partial charge >= 0.3 is 0 Å². The maximum Gasteiger partial charge on any atom is 0.143 e. The zero-order chi connectivity index (χ0) is 14.0. The first kappa shape index (κ1) is 14.5. The van der Waals surface area contributed by atoms with Crippen molar-refractivity contribution in [1.82, 2.24) is 10.4 Å². The number of aromatic nitrogens is 1. The molecule has 2 rings (SSSR count). The molecule has 2 aromatic rings. The second-order valence-corrected chi connectivity index (χ2v) is 6.15. The van der Waals surface area contributed by atoms with Crippen LogP contribution in [0, 0.1) is 18.6 Å². The topological polar surface area (TPSA) is 50.9 Å². The highest BCUT2D eigenvalue weighted by atomic mass is 79.9. The van der Waals surface area contributed by atoms with Gasteiger partial charge in [-0.1, -0.05) is 0 Å². The quantitative estimate of drug-likeness (QED) is 0.507. The Balaban J connectivity index is 2.31. The van der Waals surface area contributed by atoms with Crippen LogP contribution in [0.15, 0.2) is 22.8 Å². The maximum absolute atomic E-state index is 13.9. The van der Waals surface area contributed by atoms with Crippen LogP contribution < -0.4 is 11.3 Å². The average molecular weight is 348 g/mol. The summed E-state index contributed by atoms with van der Waals surface area (Å²) in [6.07, 6.45) is 1.79. The van der Waals surface area contributed by atoms with Crippen LogP contribution >= 0.6 is 27.3 Å². The third-order valence-corrected chi connectivity index (χ3v) is 4.37. The lowest BCUT2D eigenvalue weighted by Gasteiger charge is -2.15. The highest BCUT2D eigenvalue weighted by Gasteiger charge is 2.19. The van der Waals surface area contributed by atoms with E-state index in [1.807, 2.05) is 6.92 Å². The first-order valence-electron chi connectivity index (χ1n) is 5.53. The lowest BCUT2D eigenvalue weighted by Crippen LogP contribution is -2.29. The Morgan fingerprint density at radius 3 is 2.79 bits per heavy atom. The SMILES string of the molecule is Cc1ncc(C(Cc2c(F)ccc(Br)c2F)NN)s1. The first-order chi connectivity index (χ1) is 9.02. The van der Waals surface area contributed by atoms with Crippen molar-refractivity contribution >= 4 is 27.3 Å². The third kappa shape index (κ3) is 3.17. The average Bonchev–Trinajstić information content (AvgIpc) is 2.81. The normalized spacial score (nSPS) is 12.7. The lowest BCUT2D eigenvalue weighted by molar-refractivity contribution is 0.501. The van der Waals surface area contributed by atoms with Crippen LogP contribution in [0.25, 0.3) is 0 Å². The van der Waals surface area contributed by atoms with Gasteiger partial charge in [0.15, 0.2) is 0 Å². The summed E-state index contributed by atoms with van der Waals surface area (Å²) in [5.41, 5.74) is 2.58. The van der Waals surface area contributed by atoms with E-state index in [-0.39, 0.29) is 22.5 Å². The minimum atomic E-state index is -0.596. The van der Waals surface area contributed by atoms with Gasteiger partial charge < -0.3 is 0 Å². The van der Waals surface area contributed by atoms with Crippen LogP contribution in [-0.4, -0.2) is 4.98 Å². The Bertz CT molecular complexity index is 588. The fourth-order valence-corrected chi connectivity index (χ4v) is 2.96. The van der Waals surface area contributed by atoms with Crippen molar-refractivity contribution in [2.45, 2.75) is 19.4 Å². The number of hydrazine groups is 1. The molecular formula is C12H12BrF2N3S. The number of hydrogen-bond acceptors (Lipinski definition) is 4. The number of nitrogens with zero attached hydrogens (tertiary/aromatic N) is 1. The molecular weight excluding hydrogens is 336 g/mol. The van der Waals surface area contributed by atoms with Crippen molar-refractivity contribution in [2.24, 2.45) is 5.84 Å². The Kier molecular flexibility index (Phi) is 4.62. The van der Waals surface area contributed by atoms with Crippen molar-refractivity contribution in [1.29, 1.82) is 0 Å². The summed E-state index contributed by atoms with van der Waals surface area (Å²) >= 11 is 4.49. The van der Waals surface area contributed by atoms with E-state index in [1.54, 1.807) is 6.20 Å². The van der Waals surface area contributed by atoms with Gasteiger partial charge in [0, 0.05) is 16.6 Å². The number of benzene rings is 1. The smallest absolute Gasteiger partial charge is 0.143 e. The Morgan fingerprint density at radius 1 is 1.47 bits per heavy atom. The molecule has 1 aromatic carbocycles. The lowest BCUT2D eigenvalue weighted by atomic mass is 10.0. The van der Waals surface area contributed by atoms with Gasteiger partial charge in [-0.15, -0.1) is 11.3 Å². The predicted molar refractivity (Wildman–Crippen MR) is 74.7 cm³/mol. The standard InChI is InChI=1S/C12H12BrF2N3S/c1-6-17-5-11(19-6)10(18-16)4-7-9(14)3-2-8(13)12(7)15/h2-3,5,10,18H,4,16H2,1H3. The van der Waals surface area contributed by atoms with E-state index in [9.17, 15) is 8.78 Å². The van der Waals surface area contributed by atoms with Crippen LogP contribution in [0.3, 0.4) is 0 Å². The van der Waals surface area contributed by atoms with E-state index in [0.29, 0.717) is 0 Å². The summed E-state index contributed by atoms with van der Waals surface area (Å²) in [6, 6.07) is 2.20. The largest absolute Gasteiger partial charge is 0.271 e. The minimum Gasteiger partial charge on any atom is -0.271 e. The molecule has 102 valence electrons. The summed E-state index contributed by atoms with van der Waals surface area (Å²) in [5, 5.41) is 0.880. The number of aryl methyl sites for hydroxylation is 1. The van der Waals surface area contributed by atoms with Gasteiger partial charge in [0.05, 0.1) is 15.5 Å². The number of thiazole rings is 1. The number of rotatable bonds is 4. The van der Waals surface area contributed by atoms with E-state index in [2.05, 4.69) is 26.3 Å². The summed E-state index contributed by atoms with van der Waals surface area (Å²) in [4.78, 5) is 4.96. The molecule has 0 saturated heterocycles. The second kappa shape index (κ2) is 6.04. The molecule has 0 radical (unpaired) electrons. The molecule has 1 atom stereocenters. The Morgan fingerprint density at radius 2 is 2.21 bits per heavy atom. The van der Waals surface area contributed by atoms with E-state index in [1.165, 1.54) is 23.5 Å². The van der Waals surface area contributed by atoms with E-state index in [0.717, 1.165) is 9.88 Å². The van der Waals surface area contributed by atoms with Gasteiger partial charge in [-0.3, -0.25) is 11.3 Å². The molecule has 0 bridgehead atoms. The van der Waals surface area contributed by atoms with E-state index >= 15 is 0 Å². The number of halogens is 3. The molecule has 0 aliphatic heterocycles. The molecule has 0 saturated carbocycles. The third-order valence-electron chi connectivity index (χ3n) is 2.73. The molecule has 1 unspecified atom stereocenters. The van der Waals surface area contributed by atoms with Crippen LogP contribution in [-0.2, 0) is 6.42 Å². The van der Waals surface area contributed by atoms with Gasteiger partial charge in [-0.2, -0.15) is 0 Å². The molecule has 3 N–H and O–H groups in total. The van der Waals surface area contributed by atoms with Crippen molar-refractivity contribution in [3.8, 4) is 0 Å². The monoisotopic (exact) mass is 347 g/mol. The van der Waals surface area contributed by atoms with Crippen molar-refractivity contribution in [3.05, 3.63) is 49.9 Å². The predicted octanol–water partition coefficient (Wildman–Crippen LogP) is 3.24. The van der Waals surface area contributed by atoms with Crippen LogP contribution in [0.1, 0.15) is 21.5 Å². The fraction of sp³-hybridized carbons (Fsp3) is 0.250. The maximum atomic E-state index is 13.9. The zero-order valence-electron chi connectivity index (χ0n) is 10.1. The van der Waals surface area contributed by atoms with Crippen molar-refractivity contribution < 1.29 is 8.78 Å². The molecule has 0 aliphatic carbocycles. The van der Waals surface area contributed by atoms with Gasteiger partial charge in [-0.25, -0.2) is 13.8 Å². The molecule has 0 aliphatic rings. The molecule has 0 spiro atoms. The molecule has 7 heteroatoms. The molecule has 1 heterocycles. The fourth-order valence-electron chi connectivity index (χ4n) is 1.74. The number of nitrogens with two attached hydrogens (primary N) is 1. The van der Waals surface area contributed by atoms with Crippen LogP contribution in [0.4, 0.5) is 8.78 Å². The van der Waals surface area contributed by atoms with Gasteiger partial charge in [0.1, 0.15) is 11.6 Å². The van der Waals surface area contributed by atoms with Crippen molar-refractivity contribution in [2.75, 3.05) is 0 Å². The first-order valence-corrected chi connectivity index (χ1v) is 7.14. The van der Waals surface area contributed by atoms with Gasteiger partial charge in [0.2, 0.25) is 0 Å². The Labute approximate surface area is 122 Å². The highest BCUT2D eigenvalue weighted by molar-refractivity contribution is 9.10. The van der Waals surface area contributed by atoms with Crippen LogP contribution in [0.5, 0.6) is 0 Å². The molecule has 0 amide bonds. The summed E-state index contributed by atoms with van der Waals surface area (Å²) in [5.74, 6) is 4.30. The minimum absolute atomic E-state index is 0.00313. The van der Waals surface area contributed by atoms with Crippen molar-refractivity contribution in [3.63, 3.8) is 0 Å². The molecule has 0 fully saturated rings. The second-order valence-electron chi connectivity index (χ2n) is 4.03. The summed E-state index contributed by atoms with van der Waals surface area (Å²) in [7, 11) is 0. The van der Waals surface area contributed by atoms with Crippen LogP contribution in [0.2, 0.25) is 0 Å². The molecule has 3 nitrogen and oxygen atoms in total. The molecule has 1 aromatic heterocycles. The molecule has 19 heavy (non-hydrogen) atoms. The van der Waals surface area contributed by atoms with Gasteiger partial charge in [0.25, 0.3) is 0 Å². The number of nitrogens with one attached hydrogen (secondary N) is 1. The Hall–Kier alpha value is -0.890. The summed E-state index contributed by atoms with van der Waals surface area (Å²) in [6.45, 7) is 1.86. The highest BCUT2D eigenvalue weighted by Crippen LogP contribution is 2.28. The van der Waals surface area contributed by atoms with Gasteiger partial charge in [-0.05, 0) is 41.4 Å². The summed E-state index contributed by atoms with van der Waals surface area (Å²) < 4.78 is 27.9. The zero-order valence-corrected chi connectivity index (χ0v) is 12.5. The number of hydrogen-bond donors (Lipinski definition) is 2.